The Morgan fingerprint density at radius 1 is 1.10 bits per heavy atom. The number of halogens is 3. The Morgan fingerprint density at radius 2 is 1.84 bits per heavy atom. The highest BCUT2D eigenvalue weighted by molar-refractivity contribution is 7.89. The lowest BCUT2D eigenvalue weighted by molar-refractivity contribution is -0.141. The van der Waals surface area contributed by atoms with Gasteiger partial charge in [0.1, 0.15) is 12.4 Å². The molecule has 2 aliphatic heterocycles. The Bertz CT molecular complexity index is 1020. The van der Waals surface area contributed by atoms with E-state index in [-0.39, 0.29) is 30.0 Å². The number of sulfonamides is 1. The van der Waals surface area contributed by atoms with Crippen molar-refractivity contribution in [3.63, 3.8) is 0 Å². The standard InChI is InChI=1S/C18H23F3N6O3S/c1-25-10-17(24-12-25)31(28,29)27-8-13(26-5-3-2-4-6-26)14(9-27)30-16-7-15(18(19,20)21)22-11-23-16/h7,10-14H,2-6,8-9H2,1H3/t13-,14-/m1/s1. The van der Waals surface area contributed by atoms with Gasteiger partial charge in [-0.25, -0.2) is 23.4 Å². The van der Waals surface area contributed by atoms with Crippen molar-refractivity contribution in [3.8, 4) is 5.88 Å². The number of piperidine rings is 1. The second-order valence-corrected chi connectivity index (χ2v) is 9.64. The van der Waals surface area contributed by atoms with E-state index < -0.39 is 28.0 Å². The van der Waals surface area contributed by atoms with Crippen LogP contribution in [0.1, 0.15) is 25.0 Å². The molecule has 0 aliphatic carbocycles. The van der Waals surface area contributed by atoms with E-state index in [1.165, 1.54) is 16.8 Å². The first-order chi connectivity index (χ1) is 14.6. The minimum absolute atomic E-state index is 0.00850. The molecule has 2 aromatic heterocycles. The van der Waals surface area contributed by atoms with Crippen molar-refractivity contribution in [3.05, 3.63) is 30.6 Å². The minimum atomic E-state index is -4.63. The molecule has 2 aromatic rings. The molecule has 4 heterocycles. The summed E-state index contributed by atoms with van der Waals surface area (Å²) in [5.74, 6) is -0.230. The molecule has 2 atom stereocenters. The predicted octanol–water partition coefficient (Wildman–Crippen LogP) is 1.54. The Labute approximate surface area is 177 Å². The van der Waals surface area contributed by atoms with E-state index in [9.17, 15) is 21.6 Å². The van der Waals surface area contributed by atoms with Crippen LogP contribution in [-0.2, 0) is 23.2 Å². The Morgan fingerprint density at radius 3 is 2.48 bits per heavy atom. The molecule has 0 saturated carbocycles. The summed E-state index contributed by atoms with van der Waals surface area (Å²) in [6.45, 7) is 1.71. The van der Waals surface area contributed by atoms with Crippen LogP contribution in [0.15, 0.2) is 29.9 Å². The van der Waals surface area contributed by atoms with Crippen molar-refractivity contribution >= 4 is 10.0 Å². The quantitative estimate of drug-likeness (QED) is 0.668. The second-order valence-electron chi connectivity index (χ2n) is 7.76. The van der Waals surface area contributed by atoms with Crippen LogP contribution < -0.4 is 4.74 Å². The first kappa shape index (κ1) is 22.0. The number of hydrogen-bond donors (Lipinski definition) is 0. The molecule has 0 spiro atoms. The number of hydrogen-bond acceptors (Lipinski definition) is 7. The molecular formula is C18H23F3N6O3S. The number of aromatic nitrogens is 4. The number of nitrogens with zero attached hydrogens (tertiary/aromatic N) is 6. The monoisotopic (exact) mass is 460 g/mol. The van der Waals surface area contributed by atoms with Crippen LogP contribution >= 0.6 is 0 Å². The summed E-state index contributed by atoms with van der Waals surface area (Å²) in [4.78, 5) is 13.2. The van der Waals surface area contributed by atoms with Crippen LogP contribution in [0, 0.1) is 0 Å². The molecule has 9 nitrogen and oxygen atoms in total. The summed E-state index contributed by atoms with van der Waals surface area (Å²) in [7, 11) is -2.19. The minimum Gasteiger partial charge on any atom is -0.471 e. The molecule has 13 heteroatoms. The first-order valence-electron chi connectivity index (χ1n) is 9.92. The van der Waals surface area contributed by atoms with Gasteiger partial charge in [-0.15, -0.1) is 0 Å². The van der Waals surface area contributed by atoms with E-state index in [1.807, 2.05) is 0 Å². The molecule has 31 heavy (non-hydrogen) atoms. The SMILES string of the molecule is Cn1cnc(S(=O)(=O)N2C[C@@H](N3CCCCC3)[C@H](Oc3cc(C(F)(F)F)ncn3)C2)c1. The third-order valence-corrected chi connectivity index (χ3v) is 7.27. The molecular weight excluding hydrogens is 437 g/mol. The average molecular weight is 460 g/mol. The molecule has 170 valence electrons. The molecule has 0 amide bonds. The van der Waals surface area contributed by atoms with Crippen LogP contribution in [0.5, 0.6) is 5.88 Å². The second kappa shape index (κ2) is 8.36. The molecule has 0 unspecified atom stereocenters. The van der Waals surface area contributed by atoms with Gasteiger partial charge in [0.2, 0.25) is 5.88 Å². The molecule has 2 saturated heterocycles. The summed E-state index contributed by atoms with van der Waals surface area (Å²) < 4.78 is 73.8. The van der Waals surface area contributed by atoms with Crippen molar-refractivity contribution < 1.29 is 26.3 Å². The van der Waals surface area contributed by atoms with Gasteiger partial charge in [-0.2, -0.15) is 17.5 Å². The van der Waals surface area contributed by atoms with E-state index in [0.29, 0.717) is 0 Å². The molecule has 2 aliphatic rings. The number of rotatable bonds is 5. The summed E-state index contributed by atoms with van der Waals surface area (Å²) in [5.41, 5.74) is -1.11. The zero-order chi connectivity index (χ0) is 22.2. The van der Waals surface area contributed by atoms with Crippen LogP contribution in [0.4, 0.5) is 13.2 Å². The van der Waals surface area contributed by atoms with Gasteiger partial charge in [0.15, 0.2) is 10.7 Å². The van der Waals surface area contributed by atoms with E-state index in [4.69, 9.17) is 4.74 Å². The van der Waals surface area contributed by atoms with Crippen LogP contribution in [-0.4, -0.2) is 75.5 Å². The average Bonchev–Trinajstić information content (AvgIpc) is 3.36. The van der Waals surface area contributed by atoms with Crippen molar-refractivity contribution in [1.82, 2.24) is 28.7 Å². The molecule has 0 aromatic carbocycles. The molecule has 0 radical (unpaired) electrons. The summed E-state index contributed by atoms with van der Waals surface area (Å²) in [6.07, 6.45) is 1.35. The van der Waals surface area contributed by atoms with Crippen LogP contribution in [0.25, 0.3) is 0 Å². The van der Waals surface area contributed by atoms with Crippen molar-refractivity contribution in [2.45, 2.75) is 42.6 Å². The number of likely N-dealkylation sites (tertiary alicyclic amines) is 1. The van der Waals surface area contributed by atoms with E-state index in [1.54, 1.807) is 11.6 Å². The zero-order valence-corrected chi connectivity index (χ0v) is 17.7. The number of ether oxygens (including phenoxy) is 1. The third-order valence-electron chi connectivity index (χ3n) is 5.55. The van der Waals surface area contributed by atoms with Gasteiger partial charge in [-0.05, 0) is 25.9 Å². The van der Waals surface area contributed by atoms with E-state index in [0.717, 1.165) is 44.7 Å². The van der Waals surface area contributed by atoms with E-state index >= 15 is 0 Å². The Kier molecular flexibility index (Phi) is 5.92. The lowest BCUT2D eigenvalue weighted by Gasteiger charge is -2.34. The number of aryl methyl sites for hydroxylation is 1. The summed E-state index contributed by atoms with van der Waals surface area (Å²) >= 11 is 0. The topological polar surface area (TPSA) is 93.5 Å². The fraction of sp³-hybridized carbons (Fsp3) is 0.611. The maximum absolute atomic E-state index is 13.1. The highest BCUT2D eigenvalue weighted by Gasteiger charge is 2.44. The van der Waals surface area contributed by atoms with Gasteiger partial charge in [-0.1, -0.05) is 6.42 Å². The highest BCUT2D eigenvalue weighted by atomic mass is 32.2. The Hall–Kier alpha value is -2.25. The van der Waals surface area contributed by atoms with Gasteiger partial charge in [0.05, 0.1) is 18.9 Å². The molecule has 0 N–H and O–H groups in total. The van der Waals surface area contributed by atoms with Crippen molar-refractivity contribution in [2.75, 3.05) is 26.2 Å². The van der Waals surface area contributed by atoms with Crippen LogP contribution in [0.2, 0.25) is 0 Å². The third kappa shape index (κ3) is 4.67. The van der Waals surface area contributed by atoms with Crippen molar-refractivity contribution in [1.29, 1.82) is 0 Å². The summed E-state index contributed by atoms with van der Waals surface area (Å²) in [6, 6.07) is 0.437. The first-order valence-corrected chi connectivity index (χ1v) is 11.4. The van der Waals surface area contributed by atoms with Crippen molar-refractivity contribution in [2.24, 2.45) is 7.05 Å². The lowest BCUT2D eigenvalue weighted by Crippen LogP contribution is -2.47. The maximum atomic E-state index is 13.1. The van der Waals surface area contributed by atoms with E-state index in [2.05, 4.69) is 19.9 Å². The smallest absolute Gasteiger partial charge is 0.433 e. The maximum Gasteiger partial charge on any atom is 0.433 e. The summed E-state index contributed by atoms with van der Waals surface area (Å²) in [5, 5.41) is -0.0746. The molecule has 0 bridgehead atoms. The van der Waals surface area contributed by atoms with Gasteiger partial charge in [-0.3, -0.25) is 4.90 Å². The zero-order valence-electron chi connectivity index (χ0n) is 16.9. The fourth-order valence-corrected chi connectivity index (χ4v) is 5.44. The molecule has 4 rings (SSSR count). The highest BCUT2D eigenvalue weighted by Crippen LogP contribution is 2.31. The normalized spacial score (nSPS) is 23.9. The number of imidazole rings is 1. The lowest BCUT2D eigenvalue weighted by atomic mass is 10.1. The van der Waals surface area contributed by atoms with Gasteiger partial charge in [0.25, 0.3) is 10.0 Å². The molecule has 2 fully saturated rings. The Balaban J connectivity index is 1.59. The van der Waals surface area contributed by atoms with Gasteiger partial charge in [0, 0.05) is 25.9 Å². The van der Waals surface area contributed by atoms with Crippen LogP contribution in [0.3, 0.4) is 0 Å². The predicted molar refractivity (Wildman–Crippen MR) is 103 cm³/mol. The largest absolute Gasteiger partial charge is 0.471 e. The van der Waals surface area contributed by atoms with Gasteiger partial charge < -0.3 is 9.30 Å². The number of alkyl halides is 3. The van der Waals surface area contributed by atoms with Gasteiger partial charge >= 0.3 is 6.18 Å². The fourth-order valence-electron chi connectivity index (χ4n) is 4.00.